The molecule has 1 aromatic carbocycles. The highest BCUT2D eigenvalue weighted by atomic mass is 35.5. The zero-order valence-corrected chi connectivity index (χ0v) is 12.6. The molecule has 0 saturated carbocycles. The van der Waals surface area contributed by atoms with Gasteiger partial charge in [-0.25, -0.2) is 0 Å². The average Bonchev–Trinajstić information content (AvgIpc) is 2.49. The van der Waals surface area contributed by atoms with Gasteiger partial charge in [0.15, 0.2) is 0 Å². The smallest absolute Gasteiger partial charge is 0.324 e. The van der Waals surface area contributed by atoms with E-state index >= 15 is 0 Å². The fourth-order valence-electron chi connectivity index (χ4n) is 1.81. The van der Waals surface area contributed by atoms with Crippen LogP contribution < -0.4 is 10.6 Å². The second kappa shape index (κ2) is 7.43. The van der Waals surface area contributed by atoms with Crippen molar-refractivity contribution in [3.8, 4) is 0 Å². The maximum absolute atomic E-state index is 12.7. The van der Waals surface area contributed by atoms with E-state index in [0.29, 0.717) is 6.54 Å². The number of anilines is 1. The van der Waals surface area contributed by atoms with Crippen molar-refractivity contribution in [1.82, 2.24) is 10.3 Å². The number of amides is 1. The highest BCUT2D eigenvalue weighted by molar-refractivity contribution is 6.33. The number of hydrogen-bond donors (Lipinski definition) is 2. The number of alkyl halides is 3. The number of carbonyl (C=O) groups excluding carboxylic acids is 1. The van der Waals surface area contributed by atoms with Gasteiger partial charge in [0.25, 0.3) is 0 Å². The monoisotopic (exact) mass is 343 g/mol. The molecule has 2 rings (SSSR count). The summed E-state index contributed by atoms with van der Waals surface area (Å²) in [5.41, 5.74) is -0.0624. The zero-order valence-electron chi connectivity index (χ0n) is 11.8. The molecule has 0 radical (unpaired) electrons. The highest BCUT2D eigenvalue weighted by Gasteiger charge is 2.31. The van der Waals surface area contributed by atoms with Crippen LogP contribution in [0.4, 0.5) is 18.9 Å². The predicted molar refractivity (Wildman–Crippen MR) is 81.0 cm³/mol. The van der Waals surface area contributed by atoms with Crippen LogP contribution in [0.25, 0.3) is 0 Å². The first-order chi connectivity index (χ1) is 10.9. The van der Waals surface area contributed by atoms with E-state index in [1.54, 1.807) is 18.5 Å². The topological polar surface area (TPSA) is 54.0 Å². The van der Waals surface area contributed by atoms with Gasteiger partial charge in [0.1, 0.15) is 0 Å². The molecule has 1 aromatic heterocycles. The second-order valence-electron chi connectivity index (χ2n) is 4.71. The van der Waals surface area contributed by atoms with Crippen molar-refractivity contribution < 1.29 is 18.0 Å². The van der Waals surface area contributed by atoms with Crippen molar-refractivity contribution in [3.05, 3.63) is 58.9 Å². The molecule has 122 valence electrons. The number of carbonyl (C=O) groups is 1. The standard InChI is InChI=1S/C15H13ClF3N3O/c16-12-4-3-11(15(17,18)19)6-13(12)22-14(23)9-21-8-10-2-1-5-20-7-10/h1-7,21H,8-9H2,(H,22,23). The zero-order chi connectivity index (χ0) is 16.9. The molecule has 1 heterocycles. The van der Waals surface area contributed by atoms with Gasteiger partial charge in [-0.1, -0.05) is 17.7 Å². The molecular weight excluding hydrogens is 331 g/mol. The van der Waals surface area contributed by atoms with Crippen molar-refractivity contribution in [3.63, 3.8) is 0 Å². The number of benzene rings is 1. The average molecular weight is 344 g/mol. The molecule has 23 heavy (non-hydrogen) atoms. The first-order valence-electron chi connectivity index (χ1n) is 6.62. The number of nitrogens with zero attached hydrogens (tertiary/aromatic N) is 1. The number of aromatic nitrogens is 1. The minimum absolute atomic E-state index is 0.0404. The third-order valence-corrected chi connectivity index (χ3v) is 3.23. The summed E-state index contributed by atoms with van der Waals surface area (Å²) in [7, 11) is 0. The Balaban J connectivity index is 1.92. The van der Waals surface area contributed by atoms with Crippen LogP contribution >= 0.6 is 11.6 Å². The fourth-order valence-corrected chi connectivity index (χ4v) is 1.98. The van der Waals surface area contributed by atoms with Crippen LogP contribution in [0.2, 0.25) is 5.02 Å². The van der Waals surface area contributed by atoms with Gasteiger partial charge in [0.2, 0.25) is 5.91 Å². The molecule has 0 bridgehead atoms. The number of nitrogens with one attached hydrogen (secondary N) is 2. The molecule has 0 atom stereocenters. The summed E-state index contributed by atoms with van der Waals surface area (Å²) in [6, 6.07) is 6.37. The van der Waals surface area contributed by atoms with Gasteiger partial charge >= 0.3 is 6.18 Å². The van der Waals surface area contributed by atoms with Gasteiger partial charge in [-0.05, 0) is 29.8 Å². The van der Waals surface area contributed by atoms with Crippen LogP contribution in [0.5, 0.6) is 0 Å². The van der Waals surface area contributed by atoms with E-state index in [1.807, 2.05) is 6.07 Å². The van der Waals surface area contributed by atoms with E-state index in [9.17, 15) is 18.0 Å². The van der Waals surface area contributed by atoms with Gasteiger partial charge < -0.3 is 10.6 Å². The normalized spacial score (nSPS) is 11.3. The van der Waals surface area contributed by atoms with E-state index in [2.05, 4.69) is 15.6 Å². The largest absolute Gasteiger partial charge is 0.416 e. The van der Waals surface area contributed by atoms with E-state index < -0.39 is 17.6 Å². The number of hydrogen-bond acceptors (Lipinski definition) is 3. The van der Waals surface area contributed by atoms with E-state index in [-0.39, 0.29) is 17.3 Å². The first-order valence-corrected chi connectivity index (χ1v) is 7.00. The fraction of sp³-hybridized carbons (Fsp3) is 0.200. The third-order valence-electron chi connectivity index (χ3n) is 2.91. The summed E-state index contributed by atoms with van der Waals surface area (Å²) in [5, 5.41) is 5.27. The molecule has 2 aromatic rings. The van der Waals surface area contributed by atoms with E-state index in [0.717, 1.165) is 23.8 Å². The summed E-state index contributed by atoms with van der Waals surface area (Å²) in [5.74, 6) is -0.491. The van der Waals surface area contributed by atoms with Gasteiger partial charge in [-0.2, -0.15) is 13.2 Å². The molecule has 2 N–H and O–H groups in total. The van der Waals surface area contributed by atoms with Gasteiger partial charge in [-0.3, -0.25) is 9.78 Å². The Bertz CT molecular complexity index is 677. The molecule has 0 saturated heterocycles. The summed E-state index contributed by atoms with van der Waals surface area (Å²) in [4.78, 5) is 15.7. The first kappa shape index (κ1) is 17.2. The number of pyridine rings is 1. The minimum Gasteiger partial charge on any atom is -0.324 e. The Morgan fingerprint density at radius 3 is 2.70 bits per heavy atom. The highest BCUT2D eigenvalue weighted by Crippen LogP contribution is 2.33. The maximum Gasteiger partial charge on any atom is 0.416 e. The predicted octanol–water partition coefficient (Wildman–Crippen LogP) is 3.48. The lowest BCUT2D eigenvalue weighted by atomic mass is 10.2. The summed E-state index contributed by atoms with van der Waals surface area (Å²) in [6.07, 6.45) is -1.22. The molecule has 1 amide bonds. The lowest BCUT2D eigenvalue weighted by Gasteiger charge is -2.12. The molecule has 0 aliphatic heterocycles. The van der Waals surface area contributed by atoms with Crippen molar-refractivity contribution in [2.75, 3.05) is 11.9 Å². The minimum atomic E-state index is -4.50. The summed E-state index contributed by atoms with van der Waals surface area (Å²) < 4.78 is 38.0. The van der Waals surface area contributed by atoms with Crippen LogP contribution in [0, 0.1) is 0 Å². The molecular formula is C15H13ClF3N3O. The molecule has 0 aliphatic rings. The Morgan fingerprint density at radius 2 is 2.04 bits per heavy atom. The molecule has 0 fully saturated rings. The molecule has 8 heteroatoms. The van der Waals surface area contributed by atoms with Gasteiger partial charge in [-0.15, -0.1) is 0 Å². The van der Waals surface area contributed by atoms with Crippen LogP contribution in [0.15, 0.2) is 42.7 Å². The Kier molecular flexibility index (Phi) is 5.57. The van der Waals surface area contributed by atoms with Crippen LogP contribution in [-0.2, 0) is 17.5 Å². The van der Waals surface area contributed by atoms with Crippen molar-refractivity contribution in [2.24, 2.45) is 0 Å². The summed E-state index contributed by atoms with van der Waals surface area (Å²) >= 11 is 5.81. The Labute approximate surface area is 135 Å². The quantitative estimate of drug-likeness (QED) is 0.874. The van der Waals surface area contributed by atoms with E-state index in [1.165, 1.54) is 0 Å². The third kappa shape index (κ3) is 5.22. The second-order valence-corrected chi connectivity index (χ2v) is 5.11. The van der Waals surface area contributed by atoms with Gasteiger partial charge in [0, 0.05) is 18.9 Å². The lowest BCUT2D eigenvalue weighted by Crippen LogP contribution is -2.28. The molecule has 0 unspecified atom stereocenters. The Hall–Kier alpha value is -2.12. The SMILES string of the molecule is O=C(CNCc1cccnc1)Nc1cc(C(F)(F)F)ccc1Cl. The lowest BCUT2D eigenvalue weighted by molar-refractivity contribution is -0.137. The number of halogens is 4. The van der Waals surface area contributed by atoms with Gasteiger partial charge in [0.05, 0.1) is 22.8 Å². The Morgan fingerprint density at radius 1 is 1.26 bits per heavy atom. The number of rotatable bonds is 5. The molecule has 4 nitrogen and oxygen atoms in total. The maximum atomic E-state index is 12.7. The van der Waals surface area contributed by atoms with Crippen molar-refractivity contribution >= 4 is 23.2 Å². The van der Waals surface area contributed by atoms with Crippen molar-refractivity contribution in [2.45, 2.75) is 12.7 Å². The van der Waals surface area contributed by atoms with Crippen molar-refractivity contribution in [1.29, 1.82) is 0 Å². The molecule has 0 spiro atoms. The van der Waals surface area contributed by atoms with E-state index in [4.69, 9.17) is 11.6 Å². The van der Waals surface area contributed by atoms with Crippen LogP contribution in [0.1, 0.15) is 11.1 Å². The van der Waals surface area contributed by atoms with Crippen LogP contribution in [0.3, 0.4) is 0 Å². The molecule has 0 aliphatic carbocycles. The summed E-state index contributed by atoms with van der Waals surface area (Å²) in [6.45, 7) is 0.346. The van der Waals surface area contributed by atoms with Crippen LogP contribution in [-0.4, -0.2) is 17.4 Å².